The molecule has 0 atom stereocenters. The third-order valence-corrected chi connectivity index (χ3v) is 7.80. The molecule has 0 bridgehead atoms. The van der Waals surface area contributed by atoms with E-state index in [9.17, 15) is 14.4 Å². The van der Waals surface area contributed by atoms with Crippen LogP contribution in [-0.2, 0) is 4.79 Å². The second kappa shape index (κ2) is 9.78. The molecule has 3 aromatic rings. The van der Waals surface area contributed by atoms with Crippen LogP contribution < -0.4 is 16.0 Å². The van der Waals surface area contributed by atoms with Gasteiger partial charge in [-0.05, 0) is 69.1 Å². The molecule has 36 heavy (non-hydrogen) atoms. The van der Waals surface area contributed by atoms with Crippen molar-refractivity contribution in [3.05, 3.63) is 70.6 Å². The number of nitrogens with zero attached hydrogens (tertiary/aromatic N) is 3. The number of ether oxygens (including phenoxy) is 1. The van der Waals surface area contributed by atoms with Crippen molar-refractivity contribution in [1.29, 1.82) is 0 Å². The predicted molar refractivity (Wildman–Crippen MR) is 139 cm³/mol. The minimum atomic E-state index is -0.693. The van der Waals surface area contributed by atoms with Gasteiger partial charge in [-0.2, -0.15) is 0 Å². The summed E-state index contributed by atoms with van der Waals surface area (Å²) in [6.45, 7) is 2.62. The van der Waals surface area contributed by atoms with Crippen LogP contribution in [0.3, 0.4) is 0 Å². The monoisotopic (exact) mass is 488 g/mol. The first-order valence-corrected chi connectivity index (χ1v) is 12.6. The van der Waals surface area contributed by atoms with Gasteiger partial charge < -0.3 is 15.4 Å². The lowest BCUT2D eigenvalue weighted by Gasteiger charge is -2.48. The Morgan fingerprint density at radius 2 is 1.53 bits per heavy atom. The highest BCUT2D eigenvalue weighted by molar-refractivity contribution is 6.06. The van der Waals surface area contributed by atoms with E-state index in [1.165, 1.54) is 11.0 Å². The van der Waals surface area contributed by atoms with Gasteiger partial charge in [-0.15, -0.1) is 0 Å². The van der Waals surface area contributed by atoms with E-state index < -0.39 is 5.54 Å². The fourth-order valence-electron chi connectivity index (χ4n) is 5.69. The van der Waals surface area contributed by atoms with E-state index in [-0.39, 0.29) is 17.4 Å². The van der Waals surface area contributed by atoms with Crippen LogP contribution in [0.4, 0.5) is 0 Å². The lowest BCUT2D eigenvalue weighted by Crippen LogP contribution is -2.63. The molecule has 2 amide bonds. The molecule has 3 heterocycles. The molecule has 2 fully saturated rings. The number of pyridine rings is 1. The SMILES string of the molecule is COc1ccc(-n2cc(C(=O)N3CCC(C(N)=O)(N4CCCCC4)CC3)c3ccccc3c2=O)cc1. The Morgan fingerprint density at radius 1 is 0.889 bits per heavy atom. The molecule has 2 saturated heterocycles. The quantitative estimate of drug-likeness (QED) is 0.596. The number of piperidine rings is 2. The topological polar surface area (TPSA) is 97.9 Å². The standard InChI is InChI=1S/C28H32N4O4/c1-36-21-11-9-20(10-12-21)32-19-24(22-7-3-4-8-23(22)26(32)34)25(33)30-17-13-28(14-18-30,27(29)35)31-15-5-2-6-16-31/h3-4,7-12,19H,2,5-6,13-18H2,1H3,(H2,29,35). The minimum absolute atomic E-state index is 0.148. The Morgan fingerprint density at radius 3 is 2.14 bits per heavy atom. The Balaban J connectivity index is 1.48. The predicted octanol–water partition coefficient (Wildman–Crippen LogP) is 2.95. The number of carbonyl (C=O) groups excluding carboxylic acids is 2. The Hall–Kier alpha value is -3.65. The van der Waals surface area contributed by atoms with Gasteiger partial charge in [0.05, 0.1) is 12.7 Å². The van der Waals surface area contributed by atoms with Gasteiger partial charge in [-0.3, -0.25) is 23.9 Å². The molecule has 2 aromatic carbocycles. The average molecular weight is 489 g/mol. The van der Waals surface area contributed by atoms with Gasteiger partial charge in [0.2, 0.25) is 5.91 Å². The van der Waals surface area contributed by atoms with E-state index in [0.717, 1.165) is 25.9 Å². The first kappa shape index (κ1) is 24.1. The maximum atomic E-state index is 13.8. The lowest BCUT2D eigenvalue weighted by molar-refractivity contribution is -0.134. The number of fused-ring (bicyclic) bond motifs is 1. The van der Waals surface area contributed by atoms with Gasteiger partial charge in [0.25, 0.3) is 11.5 Å². The van der Waals surface area contributed by atoms with Crippen LogP contribution in [0.25, 0.3) is 16.5 Å². The van der Waals surface area contributed by atoms with Gasteiger partial charge >= 0.3 is 0 Å². The number of likely N-dealkylation sites (tertiary alicyclic amines) is 2. The highest BCUT2D eigenvalue weighted by Crippen LogP contribution is 2.32. The van der Waals surface area contributed by atoms with Crippen LogP contribution >= 0.6 is 0 Å². The molecule has 5 rings (SSSR count). The zero-order valence-electron chi connectivity index (χ0n) is 20.6. The smallest absolute Gasteiger partial charge is 0.262 e. The molecule has 8 nitrogen and oxygen atoms in total. The Bertz CT molecular complexity index is 1330. The summed E-state index contributed by atoms with van der Waals surface area (Å²) < 4.78 is 6.75. The molecule has 1 aromatic heterocycles. The Labute approximate surface area is 210 Å². The fourth-order valence-corrected chi connectivity index (χ4v) is 5.69. The number of hydrogen-bond acceptors (Lipinski definition) is 5. The summed E-state index contributed by atoms with van der Waals surface area (Å²) in [5.41, 5.74) is 6.16. The number of amides is 2. The van der Waals surface area contributed by atoms with Crippen molar-refractivity contribution in [3.63, 3.8) is 0 Å². The molecule has 0 unspecified atom stereocenters. The first-order valence-electron chi connectivity index (χ1n) is 12.6. The van der Waals surface area contributed by atoms with Crippen molar-refractivity contribution in [2.24, 2.45) is 5.73 Å². The number of primary amides is 1. The van der Waals surface area contributed by atoms with Crippen molar-refractivity contribution in [3.8, 4) is 11.4 Å². The number of rotatable bonds is 5. The summed E-state index contributed by atoms with van der Waals surface area (Å²) >= 11 is 0. The number of methoxy groups -OCH3 is 1. The molecule has 2 aliphatic rings. The van der Waals surface area contributed by atoms with E-state index in [1.54, 1.807) is 54.6 Å². The number of aromatic nitrogens is 1. The van der Waals surface area contributed by atoms with Gasteiger partial charge in [0, 0.05) is 35.7 Å². The van der Waals surface area contributed by atoms with E-state index in [2.05, 4.69) is 4.90 Å². The third-order valence-electron chi connectivity index (χ3n) is 7.80. The normalized spacial score (nSPS) is 18.2. The van der Waals surface area contributed by atoms with Crippen molar-refractivity contribution in [1.82, 2.24) is 14.4 Å². The van der Waals surface area contributed by atoms with Crippen molar-refractivity contribution >= 4 is 22.6 Å². The van der Waals surface area contributed by atoms with Crippen LogP contribution in [0.5, 0.6) is 5.75 Å². The maximum Gasteiger partial charge on any atom is 0.262 e. The summed E-state index contributed by atoms with van der Waals surface area (Å²) in [4.78, 5) is 43.8. The summed E-state index contributed by atoms with van der Waals surface area (Å²) in [5.74, 6) is 0.240. The van der Waals surface area contributed by atoms with Crippen molar-refractivity contribution in [2.75, 3.05) is 33.3 Å². The third kappa shape index (κ3) is 4.15. The summed E-state index contributed by atoms with van der Waals surface area (Å²) in [5, 5.41) is 1.11. The van der Waals surface area contributed by atoms with Gasteiger partial charge in [0.1, 0.15) is 11.3 Å². The molecule has 188 valence electrons. The van der Waals surface area contributed by atoms with E-state index in [4.69, 9.17) is 10.5 Å². The first-order chi connectivity index (χ1) is 17.4. The molecule has 0 radical (unpaired) electrons. The van der Waals surface area contributed by atoms with Crippen molar-refractivity contribution in [2.45, 2.75) is 37.6 Å². The number of hydrogen-bond donors (Lipinski definition) is 1. The largest absolute Gasteiger partial charge is 0.497 e. The molecule has 8 heteroatoms. The van der Waals surface area contributed by atoms with Gasteiger partial charge in [-0.25, -0.2) is 0 Å². The van der Waals surface area contributed by atoms with Crippen LogP contribution in [0, 0.1) is 0 Å². The van der Waals surface area contributed by atoms with Crippen LogP contribution in [0.15, 0.2) is 59.5 Å². The van der Waals surface area contributed by atoms with Crippen LogP contribution in [-0.4, -0.2) is 65.0 Å². The second-order valence-electron chi connectivity index (χ2n) is 9.70. The number of carbonyl (C=O) groups is 2. The second-order valence-corrected chi connectivity index (χ2v) is 9.70. The summed E-state index contributed by atoms with van der Waals surface area (Å²) in [7, 11) is 1.59. The molecular formula is C28H32N4O4. The maximum absolute atomic E-state index is 13.8. The molecule has 2 N–H and O–H groups in total. The molecule has 0 spiro atoms. The van der Waals surface area contributed by atoms with Gasteiger partial charge in [-0.1, -0.05) is 24.6 Å². The fraction of sp³-hybridized carbons (Fsp3) is 0.393. The zero-order chi connectivity index (χ0) is 25.3. The molecule has 0 aliphatic carbocycles. The van der Waals surface area contributed by atoms with Crippen LogP contribution in [0.2, 0.25) is 0 Å². The van der Waals surface area contributed by atoms with E-state index in [1.807, 2.05) is 12.1 Å². The Kier molecular flexibility index (Phi) is 6.53. The number of benzene rings is 2. The average Bonchev–Trinajstić information content (AvgIpc) is 2.93. The van der Waals surface area contributed by atoms with Crippen LogP contribution in [0.1, 0.15) is 42.5 Å². The molecule has 0 saturated carbocycles. The van der Waals surface area contributed by atoms with E-state index >= 15 is 0 Å². The van der Waals surface area contributed by atoms with E-state index in [0.29, 0.717) is 53.7 Å². The zero-order valence-corrected chi connectivity index (χ0v) is 20.6. The highest BCUT2D eigenvalue weighted by Gasteiger charge is 2.46. The number of nitrogens with two attached hydrogens (primary N) is 1. The molecule has 2 aliphatic heterocycles. The van der Waals surface area contributed by atoms with Crippen molar-refractivity contribution < 1.29 is 14.3 Å². The summed E-state index contributed by atoms with van der Waals surface area (Å²) in [6.07, 6.45) is 5.98. The highest BCUT2D eigenvalue weighted by atomic mass is 16.5. The minimum Gasteiger partial charge on any atom is -0.497 e. The molecular weight excluding hydrogens is 456 g/mol. The summed E-state index contributed by atoms with van der Waals surface area (Å²) in [6, 6.07) is 14.4. The van der Waals surface area contributed by atoms with Gasteiger partial charge in [0.15, 0.2) is 0 Å². The lowest BCUT2D eigenvalue weighted by atomic mass is 9.83.